The molecule has 1 aromatic carbocycles. The van der Waals surface area contributed by atoms with Gasteiger partial charge in [-0.15, -0.1) is 0 Å². The standard InChI is InChI=1S/C24H25F3N8O3/c1-12-9-34(11-19(29)24(12,26)27)21-13(7-28)5-16(25)20(32-21)31-14-3-4-17-18(6-14)35(23(37)33(17)2)10-15-8-30-22(36)38-15/h3-6,12,15,19H,8-11,29H2,1-2H3,(H,30,36)(H,31,32)/t12-,15-,19+/m1/s1. The van der Waals surface area contributed by atoms with Crippen molar-refractivity contribution in [3.8, 4) is 6.07 Å². The average molecular weight is 531 g/mol. The number of halogens is 3. The van der Waals surface area contributed by atoms with E-state index >= 15 is 0 Å². The molecule has 5 rings (SSSR count). The van der Waals surface area contributed by atoms with Gasteiger partial charge in [-0.2, -0.15) is 5.26 Å². The van der Waals surface area contributed by atoms with E-state index in [1.54, 1.807) is 25.2 Å². The van der Waals surface area contributed by atoms with Crippen LogP contribution in [0.3, 0.4) is 0 Å². The first-order chi connectivity index (χ1) is 18.0. The van der Waals surface area contributed by atoms with Crippen LogP contribution >= 0.6 is 0 Å². The third-order valence-corrected chi connectivity index (χ3v) is 6.98. The molecule has 2 aliphatic rings. The summed E-state index contributed by atoms with van der Waals surface area (Å²) >= 11 is 0. The first-order valence-electron chi connectivity index (χ1n) is 11.9. The summed E-state index contributed by atoms with van der Waals surface area (Å²) in [4.78, 5) is 30.0. The molecule has 0 aliphatic carbocycles. The number of imidazole rings is 1. The number of rotatable bonds is 5. The Labute approximate surface area is 214 Å². The van der Waals surface area contributed by atoms with Crippen LogP contribution in [0, 0.1) is 23.1 Å². The van der Waals surface area contributed by atoms with E-state index in [1.165, 1.54) is 21.0 Å². The van der Waals surface area contributed by atoms with Gasteiger partial charge in [0.2, 0.25) is 0 Å². The highest BCUT2D eigenvalue weighted by molar-refractivity contribution is 5.81. The predicted octanol–water partition coefficient (Wildman–Crippen LogP) is 2.02. The van der Waals surface area contributed by atoms with E-state index in [9.17, 15) is 28.0 Å². The number of carbonyl (C=O) groups is 1. The second kappa shape index (κ2) is 9.25. The third-order valence-electron chi connectivity index (χ3n) is 6.98. The van der Waals surface area contributed by atoms with Gasteiger partial charge in [0.15, 0.2) is 11.6 Å². The molecular weight excluding hydrogens is 505 g/mol. The molecule has 11 nitrogen and oxygen atoms in total. The zero-order chi connectivity index (χ0) is 27.4. The lowest BCUT2D eigenvalue weighted by atomic mass is 9.91. The van der Waals surface area contributed by atoms with Gasteiger partial charge in [-0.3, -0.25) is 9.13 Å². The Balaban J connectivity index is 1.48. The van der Waals surface area contributed by atoms with Crippen molar-refractivity contribution in [2.24, 2.45) is 18.7 Å². The smallest absolute Gasteiger partial charge is 0.407 e. The van der Waals surface area contributed by atoms with Gasteiger partial charge < -0.3 is 26.0 Å². The minimum Gasteiger partial charge on any atom is -0.442 e. The summed E-state index contributed by atoms with van der Waals surface area (Å²) in [7, 11) is 1.61. The molecule has 3 aromatic rings. The number of nitrogens with zero attached hydrogens (tertiary/aromatic N) is 5. The highest BCUT2D eigenvalue weighted by atomic mass is 19.3. The van der Waals surface area contributed by atoms with Gasteiger partial charge in [-0.1, -0.05) is 6.92 Å². The summed E-state index contributed by atoms with van der Waals surface area (Å²) in [6, 6.07) is 6.31. The van der Waals surface area contributed by atoms with Crippen molar-refractivity contribution < 1.29 is 22.7 Å². The number of alkyl carbamates (subject to hydrolysis) is 1. The normalized spacial score (nSPS) is 22.7. The van der Waals surface area contributed by atoms with E-state index in [-0.39, 0.29) is 49.1 Å². The number of fused-ring (bicyclic) bond motifs is 1. The van der Waals surface area contributed by atoms with Gasteiger partial charge in [-0.05, 0) is 24.3 Å². The molecule has 1 amide bonds. The number of amides is 1. The molecular formula is C24H25F3N8O3. The summed E-state index contributed by atoms with van der Waals surface area (Å²) in [5.41, 5.74) is 6.78. The number of carbonyl (C=O) groups excluding carboxylic acids is 1. The molecule has 38 heavy (non-hydrogen) atoms. The Bertz CT molecular complexity index is 1510. The minimum atomic E-state index is -3.09. The first-order valence-corrected chi connectivity index (χ1v) is 11.9. The molecule has 2 aliphatic heterocycles. The predicted molar refractivity (Wildman–Crippen MR) is 132 cm³/mol. The number of nitrogens with one attached hydrogen (secondary N) is 2. The minimum absolute atomic E-state index is 0.0439. The number of aryl methyl sites for hydroxylation is 1. The van der Waals surface area contributed by atoms with Crippen molar-refractivity contribution in [2.75, 3.05) is 29.9 Å². The van der Waals surface area contributed by atoms with Crippen molar-refractivity contribution >= 4 is 34.4 Å². The number of alkyl halides is 2. The van der Waals surface area contributed by atoms with E-state index in [0.717, 1.165) is 6.07 Å². The molecule has 0 radical (unpaired) electrons. The Morgan fingerprint density at radius 3 is 2.71 bits per heavy atom. The van der Waals surface area contributed by atoms with Crippen molar-refractivity contribution in [3.63, 3.8) is 0 Å². The summed E-state index contributed by atoms with van der Waals surface area (Å²) in [6.07, 6.45) is -1.09. The number of nitriles is 1. The molecule has 200 valence electrons. The average Bonchev–Trinajstić information content (AvgIpc) is 3.39. The monoisotopic (exact) mass is 530 g/mol. The largest absolute Gasteiger partial charge is 0.442 e. The number of aromatic nitrogens is 3. The quantitative estimate of drug-likeness (QED) is 0.455. The summed E-state index contributed by atoms with van der Waals surface area (Å²) < 4.78 is 51.6. The summed E-state index contributed by atoms with van der Waals surface area (Å²) in [6.45, 7) is 1.36. The van der Waals surface area contributed by atoms with Gasteiger partial charge in [0, 0.05) is 31.7 Å². The molecule has 14 heteroatoms. The van der Waals surface area contributed by atoms with Crippen LogP contribution in [0.2, 0.25) is 0 Å². The first kappa shape index (κ1) is 25.4. The number of piperidine rings is 1. The Hall–Kier alpha value is -4.25. The van der Waals surface area contributed by atoms with Crippen LogP contribution in [-0.4, -0.2) is 57.9 Å². The molecule has 2 saturated heterocycles. The Kier molecular flexibility index (Phi) is 6.18. The highest BCUT2D eigenvalue weighted by Crippen LogP contribution is 2.36. The number of hydrogen-bond acceptors (Lipinski definition) is 8. The fourth-order valence-corrected chi connectivity index (χ4v) is 4.85. The SMILES string of the molecule is C[C@@H]1CN(c2nc(Nc3ccc4c(c3)n(C[C@H]3CNC(=O)O3)c(=O)n4C)c(F)cc2C#N)C[C@H](N)C1(F)F. The molecule has 3 atom stereocenters. The fourth-order valence-electron chi connectivity index (χ4n) is 4.85. The van der Waals surface area contributed by atoms with Crippen LogP contribution < -0.4 is 27.0 Å². The van der Waals surface area contributed by atoms with Crippen LogP contribution in [0.15, 0.2) is 29.1 Å². The zero-order valence-corrected chi connectivity index (χ0v) is 20.5. The summed E-state index contributed by atoms with van der Waals surface area (Å²) in [5.74, 6) is -5.19. The number of pyridine rings is 1. The molecule has 2 fully saturated rings. The van der Waals surface area contributed by atoms with Crippen molar-refractivity contribution in [3.05, 3.63) is 46.1 Å². The maximum atomic E-state index is 15.0. The van der Waals surface area contributed by atoms with Crippen LogP contribution in [-0.2, 0) is 18.3 Å². The number of nitrogens with two attached hydrogens (primary N) is 1. The lowest BCUT2D eigenvalue weighted by molar-refractivity contribution is -0.0807. The van der Waals surface area contributed by atoms with Crippen LogP contribution in [0.4, 0.5) is 35.3 Å². The molecule has 0 saturated carbocycles. The van der Waals surface area contributed by atoms with Crippen LogP contribution in [0.1, 0.15) is 12.5 Å². The maximum Gasteiger partial charge on any atom is 0.407 e. The number of benzene rings is 1. The number of anilines is 3. The number of cyclic esters (lactones) is 1. The van der Waals surface area contributed by atoms with Gasteiger partial charge in [0.05, 0.1) is 35.7 Å². The molecule has 0 spiro atoms. The molecule has 2 aromatic heterocycles. The second-order valence-corrected chi connectivity index (χ2v) is 9.58. The molecule has 0 bridgehead atoms. The lowest BCUT2D eigenvalue weighted by Gasteiger charge is -2.41. The van der Waals surface area contributed by atoms with E-state index < -0.39 is 35.9 Å². The Morgan fingerprint density at radius 1 is 1.29 bits per heavy atom. The van der Waals surface area contributed by atoms with Gasteiger partial charge >= 0.3 is 11.8 Å². The zero-order valence-electron chi connectivity index (χ0n) is 20.5. The van der Waals surface area contributed by atoms with Crippen molar-refractivity contribution in [1.29, 1.82) is 5.26 Å². The number of hydrogen-bond donors (Lipinski definition) is 3. The van der Waals surface area contributed by atoms with Crippen molar-refractivity contribution in [2.45, 2.75) is 31.5 Å². The van der Waals surface area contributed by atoms with E-state index in [4.69, 9.17) is 10.5 Å². The van der Waals surface area contributed by atoms with E-state index in [0.29, 0.717) is 16.7 Å². The van der Waals surface area contributed by atoms with Gasteiger partial charge in [0.1, 0.15) is 18.0 Å². The molecule has 4 N–H and O–H groups in total. The molecule has 4 heterocycles. The van der Waals surface area contributed by atoms with E-state index in [1.807, 2.05) is 6.07 Å². The van der Waals surface area contributed by atoms with Crippen LogP contribution in [0.25, 0.3) is 11.0 Å². The third kappa shape index (κ3) is 4.28. The van der Waals surface area contributed by atoms with Crippen LogP contribution in [0.5, 0.6) is 0 Å². The lowest BCUT2D eigenvalue weighted by Crippen LogP contribution is -2.60. The maximum absolute atomic E-state index is 15.0. The fraction of sp³-hybridized carbons (Fsp3) is 0.417. The second-order valence-electron chi connectivity index (χ2n) is 9.58. The van der Waals surface area contributed by atoms with E-state index in [2.05, 4.69) is 15.6 Å². The van der Waals surface area contributed by atoms with Gasteiger partial charge in [0.25, 0.3) is 5.92 Å². The number of ether oxygens (including phenoxy) is 1. The topological polar surface area (TPSA) is 143 Å². The van der Waals surface area contributed by atoms with Gasteiger partial charge in [-0.25, -0.2) is 27.7 Å². The summed E-state index contributed by atoms with van der Waals surface area (Å²) in [5, 5.41) is 15.0. The highest BCUT2D eigenvalue weighted by Gasteiger charge is 2.48. The Morgan fingerprint density at radius 2 is 2.05 bits per heavy atom. The van der Waals surface area contributed by atoms with Crippen molar-refractivity contribution in [1.82, 2.24) is 19.4 Å². The molecule has 0 unspecified atom stereocenters.